The molecule has 3 nitrogen and oxygen atoms in total. The summed E-state index contributed by atoms with van der Waals surface area (Å²) in [5.74, 6) is -0.202. The maximum absolute atomic E-state index is 11.4. The lowest BCUT2D eigenvalue weighted by Crippen LogP contribution is -2.36. The van der Waals surface area contributed by atoms with Gasteiger partial charge >= 0.3 is 5.97 Å². The Balaban J connectivity index is 3.93. The van der Waals surface area contributed by atoms with Gasteiger partial charge in [0.05, 0.1) is 27.7 Å². The van der Waals surface area contributed by atoms with Crippen molar-refractivity contribution in [3.63, 3.8) is 0 Å². The third kappa shape index (κ3) is 10.7. The fourth-order valence-corrected chi connectivity index (χ4v) is 3.18. The Morgan fingerprint density at radius 1 is 1.39 bits per heavy atom. The van der Waals surface area contributed by atoms with Crippen LogP contribution in [-0.2, 0) is 9.53 Å². The highest BCUT2D eigenvalue weighted by Crippen LogP contribution is 2.17. The SMILES string of the molecule is CC=CC(=O)OC(CCC)CPCC[N+](C)(C)C. The number of ether oxygens (including phenoxy) is 1. The summed E-state index contributed by atoms with van der Waals surface area (Å²) in [4.78, 5) is 11.4. The largest absolute Gasteiger partial charge is 0.459 e. The minimum Gasteiger partial charge on any atom is -0.459 e. The van der Waals surface area contributed by atoms with Crippen molar-refractivity contribution in [3.05, 3.63) is 12.2 Å². The molecule has 0 amide bonds. The number of carbonyl (C=O) groups excluding carboxylic acids is 1. The quantitative estimate of drug-likeness (QED) is 0.212. The van der Waals surface area contributed by atoms with Crippen molar-refractivity contribution in [3.8, 4) is 0 Å². The van der Waals surface area contributed by atoms with Gasteiger partial charge in [-0.3, -0.25) is 0 Å². The summed E-state index contributed by atoms with van der Waals surface area (Å²) >= 11 is 0. The van der Waals surface area contributed by atoms with Gasteiger partial charge in [0.1, 0.15) is 6.10 Å². The first-order valence-electron chi connectivity index (χ1n) is 6.73. The molecule has 0 spiro atoms. The lowest BCUT2D eigenvalue weighted by atomic mass is 10.2. The number of allylic oxidation sites excluding steroid dienone is 1. The van der Waals surface area contributed by atoms with Gasteiger partial charge in [0, 0.05) is 18.4 Å². The van der Waals surface area contributed by atoms with Crippen molar-refractivity contribution in [1.29, 1.82) is 0 Å². The summed E-state index contributed by atoms with van der Waals surface area (Å²) < 4.78 is 6.44. The van der Waals surface area contributed by atoms with Crippen LogP contribution in [0.4, 0.5) is 0 Å². The monoisotopic (exact) mass is 274 g/mol. The van der Waals surface area contributed by atoms with Crippen LogP contribution < -0.4 is 0 Å². The Morgan fingerprint density at radius 2 is 2.06 bits per heavy atom. The number of rotatable bonds is 9. The average molecular weight is 274 g/mol. The van der Waals surface area contributed by atoms with Gasteiger partial charge in [-0.25, -0.2) is 4.79 Å². The van der Waals surface area contributed by atoms with Crippen LogP contribution in [0.3, 0.4) is 0 Å². The summed E-state index contributed by atoms with van der Waals surface area (Å²) in [5, 5.41) is 0. The highest BCUT2D eigenvalue weighted by Gasteiger charge is 2.13. The standard InChI is InChI=1S/C14H29NO2P/c1-6-8-13(17-14(16)9-7-2)12-18-11-10-15(3,4)5/h7,9,13,18H,6,8,10-12H2,1-5H3/q+1. The minimum atomic E-state index is -0.202. The predicted octanol–water partition coefficient (Wildman–Crippen LogP) is 2.66. The Bertz CT molecular complexity index is 259. The molecule has 0 heterocycles. The van der Waals surface area contributed by atoms with Crippen LogP contribution in [-0.4, -0.2) is 56.6 Å². The zero-order chi connectivity index (χ0) is 14.0. The van der Waals surface area contributed by atoms with E-state index in [1.165, 1.54) is 18.8 Å². The van der Waals surface area contributed by atoms with Gasteiger partial charge in [0.15, 0.2) is 0 Å². The van der Waals surface area contributed by atoms with Gasteiger partial charge < -0.3 is 9.22 Å². The molecule has 0 N–H and O–H groups in total. The van der Waals surface area contributed by atoms with Crippen molar-refractivity contribution in [1.82, 2.24) is 0 Å². The van der Waals surface area contributed by atoms with Gasteiger partial charge in [-0.05, 0) is 13.3 Å². The number of quaternary nitrogens is 1. The topological polar surface area (TPSA) is 26.3 Å². The molecule has 0 rings (SSSR count). The fourth-order valence-electron chi connectivity index (χ4n) is 1.54. The molecule has 18 heavy (non-hydrogen) atoms. The predicted molar refractivity (Wildman–Crippen MR) is 80.6 cm³/mol. The fraction of sp³-hybridized carbons (Fsp3) is 0.786. The van der Waals surface area contributed by atoms with Gasteiger partial charge in [0.2, 0.25) is 0 Å². The Kier molecular flexibility index (Phi) is 9.31. The van der Waals surface area contributed by atoms with E-state index in [0.29, 0.717) is 0 Å². The van der Waals surface area contributed by atoms with Crippen LogP contribution in [0.15, 0.2) is 12.2 Å². The van der Waals surface area contributed by atoms with Crippen LogP contribution in [0.5, 0.6) is 0 Å². The highest BCUT2D eigenvalue weighted by atomic mass is 31.1. The van der Waals surface area contributed by atoms with E-state index >= 15 is 0 Å². The second kappa shape index (κ2) is 9.52. The number of hydrogen-bond acceptors (Lipinski definition) is 2. The Hall–Kier alpha value is -0.400. The molecule has 0 aliphatic heterocycles. The lowest BCUT2D eigenvalue weighted by molar-refractivity contribution is -0.867. The summed E-state index contributed by atoms with van der Waals surface area (Å²) in [6.07, 6.45) is 7.59. The van der Waals surface area contributed by atoms with E-state index in [0.717, 1.165) is 32.1 Å². The molecule has 0 aliphatic rings. The molecule has 0 aromatic rings. The molecule has 0 aromatic heterocycles. The average Bonchev–Trinajstić information content (AvgIpc) is 2.23. The van der Waals surface area contributed by atoms with Crippen LogP contribution in [0.2, 0.25) is 0 Å². The van der Waals surface area contributed by atoms with Crippen molar-refractivity contribution in [2.24, 2.45) is 0 Å². The molecule has 0 aromatic carbocycles. The second-order valence-electron chi connectivity index (χ2n) is 5.57. The molecule has 2 unspecified atom stereocenters. The summed E-state index contributed by atoms with van der Waals surface area (Å²) in [6, 6.07) is 0. The molecule has 2 atom stereocenters. The first-order chi connectivity index (χ1) is 8.39. The maximum atomic E-state index is 11.4. The van der Waals surface area contributed by atoms with Gasteiger partial charge in [-0.15, -0.1) is 8.58 Å². The molecule has 4 heteroatoms. The second-order valence-corrected chi connectivity index (χ2v) is 6.97. The first-order valence-corrected chi connectivity index (χ1v) is 8.15. The Labute approximate surface area is 114 Å². The smallest absolute Gasteiger partial charge is 0.330 e. The summed E-state index contributed by atoms with van der Waals surface area (Å²) in [7, 11) is 7.51. The maximum Gasteiger partial charge on any atom is 0.330 e. The van der Waals surface area contributed by atoms with Gasteiger partial charge in [-0.1, -0.05) is 19.4 Å². The van der Waals surface area contributed by atoms with E-state index in [1.807, 2.05) is 6.92 Å². The molecular formula is C14H29NO2P+. The molecule has 0 bridgehead atoms. The molecule has 106 valence electrons. The van der Waals surface area contributed by atoms with E-state index in [1.54, 1.807) is 6.08 Å². The van der Waals surface area contributed by atoms with Crippen LogP contribution in [0.25, 0.3) is 0 Å². The van der Waals surface area contributed by atoms with Crippen LogP contribution in [0, 0.1) is 0 Å². The first kappa shape index (κ1) is 17.6. The minimum absolute atomic E-state index is 0.101. The summed E-state index contributed by atoms with van der Waals surface area (Å²) in [5.41, 5.74) is 0. The van der Waals surface area contributed by atoms with Gasteiger partial charge in [0.25, 0.3) is 0 Å². The number of carbonyl (C=O) groups is 1. The molecule has 0 fully saturated rings. The van der Waals surface area contributed by atoms with Gasteiger partial charge in [-0.2, -0.15) is 0 Å². The van der Waals surface area contributed by atoms with Crippen molar-refractivity contribution < 1.29 is 14.0 Å². The van der Waals surface area contributed by atoms with E-state index in [4.69, 9.17) is 4.74 Å². The van der Waals surface area contributed by atoms with Crippen molar-refractivity contribution >= 4 is 14.6 Å². The van der Waals surface area contributed by atoms with Crippen molar-refractivity contribution in [2.45, 2.75) is 32.8 Å². The van der Waals surface area contributed by atoms with Crippen LogP contribution in [0.1, 0.15) is 26.7 Å². The third-order valence-electron chi connectivity index (χ3n) is 2.53. The summed E-state index contributed by atoms with van der Waals surface area (Å²) in [6.45, 7) is 5.14. The number of hydrogen-bond donors (Lipinski definition) is 0. The third-order valence-corrected chi connectivity index (χ3v) is 3.85. The molecule has 0 radical (unpaired) electrons. The molecule has 0 aliphatic carbocycles. The highest BCUT2D eigenvalue weighted by molar-refractivity contribution is 7.38. The molecule has 0 saturated carbocycles. The normalized spacial score (nSPS) is 14.5. The van der Waals surface area contributed by atoms with Crippen molar-refractivity contribution in [2.75, 3.05) is 40.0 Å². The molecule has 0 saturated heterocycles. The van der Waals surface area contributed by atoms with E-state index < -0.39 is 0 Å². The van der Waals surface area contributed by atoms with Crippen LogP contribution >= 0.6 is 8.58 Å². The zero-order valence-corrected chi connectivity index (χ0v) is 13.5. The Morgan fingerprint density at radius 3 is 2.56 bits per heavy atom. The number of nitrogens with zero attached hydrogens (tertiary/aromatic N) is 1. The van der Waals surface area contributed by atoms with E-state index in [9.17, 15) is 4.79 Å². The zero-order valence-electron chi connectivity index (χ0n) is 12.5. The lowest BCUT2D eigenvalue weighted by Gasteiger charge is -2.24. The van der Waals surface area contributed by atoms with E-state index in [-0.39, 0.29) is 12.1 Å². The molecular weight excluding hydrogens is 245 g/mol. The van der Waals surface area contributed by atoms with E-state index in [2.05, 4.69) is 28.1 Å². The number of esters is 1.